The van der Waals surface area contributed by atoms with Crippen LogP contribution >= 0.6 is 11.6 Å². The van der Waals surface area contributed by atoms with E-state index in [0.29, 0.717) is 31.2 Å². The van der Waals surface area contributed by atoms with Gasteiger partial charge in [-0.1, -0.05) is 67.9 Å². The lowest BCUT2D eigenvalue weighted by atomic mass is 10.0. The number of nitrogens with zero attached hydrogens (tertiary/aromatic N) is 2. The Morgan fingerprint density at radius 2 is 1.86 bits per heavy atom. The molecule has 1 N–H and O–H groups in total. The number of nitrogens with one attached hydrogen (secondary N) is 1. The summed E-state index contributed by atoms with van der Waals surface area (Å²) in [7, 11) is 0. The molecular formula is C28H34ClN3O3. The van der Waals surface area contributed by atoms with Gasteiger partial charge in [-0.05, 0) is 35.8 Å². The zero-order valence-electron chi connectivity index (χ0n) is 20.6. The van der Waals surface area contributed by atoms with Gasteiger partial charge in [0.1, 0.15) is 12.1 Å². The number of halogens is 1. The molecule has 2 aromatic rings. The van der Waals surface area contributed by atoms with Crippen LogP contribution in [0, 0.1) is 5.92 Å². The fourth-order valence-electron chi connectivity index (χ4n) is 4.81. The first-order chi connectivity index (χ1) is 16.8. The minimum atomic E-state index is -0.562. The molecule has 4 rings (SSSR count). The van der Waals surface area contributed by atoms with Crippen LogP contribution in [-0.4, -0.2) is 46.8 Å². The van der Waals surface area contributed by atoms with Crippen molar-refractivity contribution in [2.24, 2.45) is 5.92 Å². The van der Waals surface area contributed by atoms with E-state index in [1.165, 1.54) is 0 Å². The number of amides is 2. The van der Waals surface area contributed by atoms with Crippen molar-refractivity contribution in [2.75, 3.05) is 13.1 Å². The fraction of sp³-hybridized carbons (Fsp3) is 0.429. The van der Waals surface area contributed by atoms with E-state index in [1.807, 2.05) is 75.4 Å². The second-order valence-electron chi connectivity index (χ2n) is 9.74. The third kappa shape index (κ3) is 6.06. The molecule has 2 aliphatic rings. The fourth-order valence-corrected chi connectivity index (χ4v) is 5.00. The van der Waals surface area contributed by atoms with Gasteiger partial charge in [0.25, 0.3) is 0 Å². The van der Waals surface area contributed by atoms with Crippen molar-refractivity contribution in [3.63, 3.8) is 0 Å². The Bertz CT molecular complexity index is 1060. The number of ether oxygens (including phenoxy) is 1. The smallest absolute Gasteiger partial charge is 0.244 e. The Morgan fingerprint density at radius 1 is 1.11 bits per heavy atom. The van der Waals surface area contributed by atoms with Gasteiger partial charge in [-0.2, -0.15) is 0 Å². The summed E-state index contributed by atoms with van der Waals surface area (Å²) in [5.41, 5.74) is 3.15. The molecule has 3 atom stereocenters. The van der Waals surface area contributed by atoms with E-state index in [1.54, 1.807) is 11.2 Å². The predicted octanol–water partition coefficient (Wildman–Crippen LogP) is 4.69. The normalized spacial score (nSPS) is 22.3. The molecule has 0 aliphatic carbocycles. The van der Waals surface area contributed by atoms with Gasteiger partial charge in [0, 0.05) is 49.6 Å². The topological polar surface area (TPSA) is 61.9 Å². The molecule has 2 aromatic carbocycles. The van der Waals surface area contributed by atoms with Gasteiger partial charge >= 0.3 is 0 Å². The van der Waals surface area contributed by atoms with Crippen molar-refractivity contribution in [1.29, 1.82) is 0 Å². The Balaban J connectivity index is 1.44. The SMILES string of the molecule is CC(C)C(=O)N1C(C)CN(Cc2ccccc2Cl)CC1C(=O)NCc1ccc(C2CC=CO2)cc1. The number of piperazine rings is 1. The summed E-state index contributed by atoms with van der Waals surface area (Å²) in [5.74, 6) is -0.311. The molecule has 0 radical (unpaired) electrons. The Hall–Kier alpha value is -2.83. The molecule has 2 aliphatic heterocycles. The second-order valence-corrected chi connectivity index (χ2v) is 10.1. The summed E-state index contributed by atoms with van der Waals surface area (Å²) in [6, 6.07) is 15.2. The molecular weight excluding hydrogens is 462 g/mol. The summed E-state index contributed by atoms with van der Waals surface area (Å²) < 4.78 is 5.58. The summed E-state index contributed by atoms with van der Waals surface area (Å²) in [4.78, 5) is 30.5. The third-order valence-corrected chi connectivity index (χ3v) is 7.04. The van der Waals surface area contributed by atoms with Gasteiger partial charge in [-0.25, -0.2) is 0 Å². The molecule has 0 aromatic heterocycles. The molecule has 3 unspecified atom stereocenters. The Morgan fingerprint density at radius 3 is 2.51 bits per heavy atom. The molecule has 1 fully saturated rings. The maximum Gasteiger partial charge on any atom is 0.244 e. The molecule has 2 heterocycles. The van der Waals surface area contributed by atoms with E-state index in [9.17, 15) is 9.59 Å². The maximum atomic E-state index is 13.4. The molecule has 2 amide bonds. The van der Waals surface area contributed by atoms with Crippen LogP contribution in [0.2, 0.25) is 5.02 Å². The highest BCUT2D eigenvalue weighted by molar-refractivity contribution is 6.31. The first-order valence-corrected chi connectivity index (χ1v) is 12.7. The first-order valence-electron chi connectivity index (χ1n) is 12.3. The van der Waals surface area contributed by atoms with Crippen LogP contribution in [0.15, 0.2) is 60.9 Å². The molecule has 0 bridgehead atoms. The third-order valence-electron chi connectivity index (χ3n) is 6.67. The number of rotatable bonds is 7. The van der Waals surface area contributed by atoms with Crippen molar-refractivity contribution in [2.45, 2.75) is 58.5 Å². The van der Waals surface area contributed by atoms with Crippen LogP contribution in [0.1, 0.15) is 50.0 Å². The van der Waals surface area contributed by atoms with E-state index in [-0.39, 0.29) is 29.9 Å². The van der Waals surface area contributed by atoms with E-state index in [4.69, 9.17) is 16.3 Å². The molecule has 0 spiro atoms. The lowest BCUT2D eigenvalue weighted by molar-refractivity contribution is -0.150. The lowest BCUT2D eigenvalue weighted by Crippen LogP contribution is -2.64. The van der Waals surface area contributed by atoms with Crippen LogP contribution in [0.5, 0.6) is 0 Å². The predicted molar refractivity (Wildman–Crippen MR) is 138 cm³/mol. The minimum absolute atomic E-state index is 0.00423. The molecule has 7 heteroatoms. The zero-order chi connectivity index (χ0) is 24.9. The molecule has 1 saturated heterocycles. The summed E-state index contributed by atoms with van der Waals surface area (Å²) in [6.45, 7) is 7.96. The highest BCUT2D eigenvalue weighted by Crippen LogP contribution is 2.27. The largest absolute Gasteiger partial charge is 0.493 e. The Kier molecular flexibility index (Phi) is 8.14. The Labute approximate surface area is 212 Å². The van der Waals surface area contributed by atoms with Crippen LogP contribution in [0.4, 0.5) is 0 Å². The van der Waals surface area contributed by atoms with Crippen molar-refractivity contribution >= 4 is 23.4 Å². The van der Waals surface area contributed by atoms with Gasteiger partial charge in [-0.3, -0.25) is 14.5 Å². The average molecular weight is 496 g/mol. The number of carbonyl (C=O) groups excluding carboxylic acids is 2. The molecule has 186 valence electrons. The second kappa shape index (κ2) is 11.3. The van der Waals surface area contributed by atoms with Crippen LogP contribution in [0.25, 0.3) is 0 Å². The van der Waals surface area contributed by atoms with Gasteiger partial charge in [0.15, 0.2) is 0 Å². The lowest BCUT2D eigenvalue weighted by Gasteiger charge is -2.45. The quantitative estimate of drug-likeness (QED) is 0.605. The van der Waals surface area contributed by atoms with Gasteiger partial charge in [0.05, 0.1) is 6.26 Å². The van der Waals surface area contributed by atoms with Gasteiger partial charge in [-0.15, -0.1) is 0 Å². The summed E-state index contributed by atoms with van der Waals surface area (Å²) >= 11 is 6.39. The highest BCUT2D eigenvalue weighted by Gasteiger charge is 2.40. The van der Waals surface area contributed by atoms with Crippen LogP contribution in [-0.2, 0) is 27.4 Å². The standard InChI is InChI=1S/C28H34ClN3O3/c1-19(2)28(34)32-20(3)16-31(17-23-7-4-5-8-24(23)29)18-25(32)27(33)30-15-21-10-12-22(13-11-21)26-9-6-14-35-26/h4-8,10-14,19-20,25-26H,9,15-18H2,1-3H3,(H,30,33). The van der Waals surface area contributed by atoms with Crippen molar-refractivity contribution in [3.05, 3.63) is 82.6 Å². The van der Waals surface area contributed by atoms with E-state index in [0.717, 1.165) is 23.1 Å². The molecule has 35 heavy (non-hydrogen) atoms. The number of carbonyl (C=O) groups is 2. The summed E-state index contributed by atoms with van der Waals surface area (Å²) in [5, 5.41) is 3.78. The number of hydrogen-bond donors (Lipinski definition) is 1. The van der Waals surface area contributed by atoms with Crippen LogP contribution in [0.3, 0.4) is 0 Å². The number of hydrogen-bond acceptors (Lipinski definition) is 4. The zero-order valence-corrected chi connectivity index (χ0v) is 21.4. The van der Waals surface area contributed by atoms with E-state index >= 15 is 0 Å². The van der Waals surface area contributed by atoms with Crippen molar-refractivity contribution in [3.8, 4) is 0 Å². The maximum absolute atomic E-state index is 13.4. The van der Waals surface area contributed by atoms with Crippen LogP contribution < -0.4 is 5.32 Å². The average Bonchev–Trinajstić information content (AvgIpc) is 3.38. The van der Waals surface area contributed by atoms with Crippen molar-refractivity contribution < 1.29 is 14.3 Å². The minimum Gasteiger partial charge on any atom is -0.493 e. The molecule has 0 saturated carbocycles. The first kappa shape index (κ1) is 25.3. The van der Waals surface area contributed by atoms with E-state index in [2.05, 4.69) is 10.2 Å². The van der Waals surface area contributed by atoms with Gasteiger partial charge in [0.2, 0.25) is 11.8 Å². The number of benzene rings is 2. The highest BCUT2D eigenvalue weighted by atomic mass is 35.5. The summed E-state index contributed by atoms with van der Waals surface area (Å²) in [6.07, 6.45) is 4.70. The van der Waals surface area contributed by atoms with Gasteiger partial charge < -0.3 is 15.0 Å². The molecule has 6 nitrogen and oxygen atoms in total. The van der Waals surface area contributed by atoms with Crippen molar-refractivity contribution in [1.82, 2.24) is 15.1 Å². The monoisotopic (exact) mass is 495 g/mol. The van der Waals surface area contributed by atoms with E-state index < -0.39 is 6.04 Å².